The Morgan fingerprint density at radius 3 is 2.70 bits per heavy atom. The van der Waals surface area contributed by atoms with Gasteiger partial charge in [-0.05, 0) is 37.9 Å². The number of amides is 1. The number of hydrogen-bond donors (Lipinski definition) is 1. The first-order chi connectivity index (χ1) is 11.0. The largest absolute Gasteiger partial charge is 0.433 e. The third kappa shape index (κ3) is 6.14. The molecule has 4 nitrogen and oxygen atoms in total. The van der Waals surface area contributed by atoms with E-state index >= 15 is 0 Å². The molecular weight excluding hydrogens is 302 g/mol. The van der Waals surface area contributed by atoms with Crippen molar-refractivity contribution in [2.24, 2.45) is 5.92 Å². The van der Waals surface area contributed by atoms with Crippen LogP contribution in [-0.2, 0) is 4.79 Å². The van der Waals surface area contributed by atoms with E-state index < -0.39 is 6.61 Å². The number of rotatable bonds is 7. The van der Waals surface area contributed by atoms with Gasteiger partial charge in [0.2, 0.25) is 5.91 Å². The standard InChI is InChI=1S/C17H24F2N2O2/c1-21(11-13-7-3-2-4-8-13)12-16(22)20-14-9-5-6-10-15(14)23-17(18)19/h5-6,9-10,13,17H,2-4,7-8,11-12H2,1H3,(H,20,22). The summed E-state index contributed by atoms with van der Waals surface area (Å²) in [6.07, 6.45) is 6.28. The molecule has 0 bridgehead atoms. The van der Waals surface area contributed by atoms with Crippen LogP contribution in [-0.4, -0.2) is 37.6 Å². The molecule has 1 aromatic carbocycles. The third-order valence-electron chi connectivity index (χ3n) is 4.09. The average molecular weight is 326 g/mol. The average Bonchev–Trinajstić information content (AvgIpc) is 2.49. The van der Waals surface area contributed by atoms with Crippen LogP contribution in [0.2, 0.25) is 0 Å². The van der Waals surface area contributed by atoms with E-state index in [0.717, 1.165) is 6.54 Å². The first-order valence-corrected chi connectivity index (χ1v) is 8.07. The summed E-state index contributed by atoms with van der Waals surface area (Å²) in [5, 5.41) is 2.65. The highest BCUT2D eigenvalue weighted by Crippen LogP contribution is 2.26. The number of nitrogens with one attached hydrogen (secondary N) is 1. The normalized spacial score (nSPS) is 15.9. The Kier molecular flexibility index (Phi) is 6.77. The molecule has 0 heterocycles. The Balaban J connectivity index is 1.84. The van der Waals surface area contributed by atoms with Gasteiger partial charge in [-0.2, -0.15) is 8.78 Å². The number of ether oxygens (including phenoxy) is 1. The predicted molar refractivity (Wildman–Crippen MR) is 85.8 cm³/mol. The van der Waals surface area contributed by atoms with E-state index in [0.29, 0.717) is 5.92 Å². The molecular formula is C17H24F2N2O2. The van der Waals surface area contributed by atoms with Crippen LogP contribution in [0.3, 0.4) is 0 Å². The summed E-state index contributed by atoms with van der Waals surface area (Å²) in [5.41, 5.74) is 0.267. The maximum Gasteiger partial charge on any atom is 0.387 e. The Morgan fingerprint density at radius 2 is 2.00 bits per heavy atom. The van der Waals surface area contributed by atoms with Crippen molar-refractivity contribution in [3.8, 4) is 5.75 Å². The molecule has 128 valence electrons. The maximum absolute atomic E-state index is 12.4. The van der Waals surface area contributed by atoms with Gasteiger partial charge < -0.3 is 10.1 Å². The number of halogens is 2. The van der Waals surface area contributed by atoms with E-state index in [-0.39, 0.29) is 23.9 Å². The number of para-hydroxylation sites is 2. The molecule has 6 heteroatoms. The van der Waals surface area contributed by atoms with Gasteiger partial charge in [0.05, 0.1) is 12.2 Å². The molecule has 0 aliphatic heterocycles. The number of carbonyl (C=O) groups excluding carboxylic acids is 1. The lowest BCUT2D eigenvalue weighted by molar-refractivity contribution is -0.117. The van der Waals surface area contributed by atoms with Crippen LogP contribution in [0.15, 0.2) is 24.3 Å². The lowest BCUT2D eigenvalue weighted by Crippen LogP contribution is -2.34. The molecule has 0 spiro atoms. The zero-order valence-corrected chi connectivity index (χ0v) is 13.4. The van der Waals surface area contributed by atoms with E-state index in [1.165, 1.54) is 38.2 Å². The molecule has 0 radical (unpaired) electrons. The van der Waals surface area contributed by atoms with Crippen LogP contribution in [0.4, 0.5) is 14.5 Å². The van der Waals surface area contributed by atoms with Gasteiger partial charge in [0.1, 0.15) is 5.75 Å². The summed E-state index contributed by atoms with van der Waals surface area (Å²) < 4.78 is 29.1. The SMILES string of the molecule is CN(CC(=O)Nc1ccccc1OC(F)F)CC1CCCCC1. The second kappa shape index (κ2) is 8.82. The number of anilines is 1. The lowest BCUT2D eigenvalue weighted by Gasteiger charge is -2.26. The summed E-state index contributed by atoms with van der Waals surface area (Å²) in [5.74, 6) is 0.399. The highest BCUT2D eigenvalue weighted by molar-refractivity contribution is 5.93. The number of benzene rings is 1. The second-order valence-electron chi connectivity index (χ2n) is 6.12. The molecule has 0 unspecified atom stereocenters. The van der Waals surface area contributed by atoms with Crippen LogP contribution >= 0.6 is 0 Å². The Morgan fingerprint density at radius 1 is 1.30 bits per heavy atom. The summed E-state index contributed by atoms with van der Waals surface area (Å²) in [7, 11) is 1.91. The van der Waals surface area contributed by atoms with E-state index in [1.807, 2.05) is 11.9 Å². The van der Waals surface area contributed by atoms with Gasteiger partial charge in [0, 0.05) is 6.54 Å². The molecule has 1 aliphatic rings. The molecule has 1 aromatic rings. The zero-order valence-electron chi connectivity index (χ0n) is 13.4. The second-order valence-corrected chi connectivity index (χ2v) is 6.12. The van der Waals surface area contributed by atoms with Crippen molar-refractivity contribution in [1.29, 1.82) is 0 Å². The van der Waals surface area contributed by atoms with Crippen molar-refractivity contribution >= 4 is 11.6 Å². The molecule has 0 saturated heterocycles. The number of nitrogens with zero attached hydrogens (tertiary/aromatic N) is 1. The number of carbonyl (C=O) groups is 1. The van der Waals surface area contributed by atoms with Crippen molar-refractivity contribution in [2.45, 2.75) is 38.7 Å². The van der Waals surface area contributed by atoms with Crippen molar-refractivity contribution < 1.29 is 18.3 Å². The van der Waals surface area contributed by atoms with Crippen LogP contribution in [0.25, 0.3) is 0 Å². The van der Waals surface area contributed by atoms with Gasteiger partial charge in [-0.25, -0.2) is 0 Å². The maximum atomic E-state index is 12.4. The molecule has 1 fully saturated rings. The van der Waals surface area contributed by atoms with E-state index in [2.05, 4.69) is 10.1 Å². The molecule has 1 N–H and O–H groups in total. The minimum Gasteiger partial charge on any atom is -0.433 e. The summed E-state index contributed by atoms with van der Waals surface area (Å²) in [4.78, 5) is 14.1. The Hall–Kier alpha value is -1.69. The van der Waals surface area contributed by atoms with Crippen molar-refractivity contribution in [2.75, 3.05) is 25.5 Å². The molecule has 1 saturated carbocycles. The smallest absolute Gasteiger partial charge is 0.387 e. The Bertz CT molecular complexity index is 505. The number of likely N-dealkylation sites (N-methyl/N-ethyl adjacent to an activating group) is 1. The van der Waals surface area contributed by atoms with Gasteiger partial charge in [-0.15, -0.1) is 0 Å². The predicted octanol–water partition coefficient (Wildman–Crippen LogP) is 3.74. The molecule has 23 heavy (non-hydrogen) atoms. The third-order valence-corrected chi connectivity index (χ3v) is 4.09. The van der Waals surface area contributed by atoms with Crippen molar-refractivity contribution in [1.82, 2.24) is 4.90 Å². The topological polar surface area (TPSA) is 41.6 Å². The summed E-state index contributed by atoms with van der Waals surface area (Å²) >= 11 is 0. The molecule has 1 amide bonds. The van der Waals surface area contributed by atoms with E-state index in [9.17, 15) is 13.6 Å². The monoisotopic (exact) mass is 326 g/mol. The number of hydrogen-bond acceptors (Lipinski definition) is 3. The van der Waals surface area contributed by atoms with Crippen molar-refractivity contribution in [3.05, 3.63) is 24.3 Å². The van der Waals surface area contributed by atoms with Crippen LogP contribution in [0, 0.1) is 5.92 Å². The summed E-state index contributed by atoms with van der Waals surface area (Å²) in [6.45, 7) is -1.79. The zero-order chi connectivity index (χ0) is 16.7. The minimum absolute atomic E-state index is 0.0224. The minimum atomic E-state index is -2.91. The molecule has 1 aliphatic carbocycles. The molecule has 0 atom stereocenters. The summed E-state index contributed by atoms with van der Waals surface area (Å²) in [6, 6.07) is 6.21. The van der Waals surface area contributed by atoms with Crippen LogP contribution < -0.4 is 10.1 Å². The first-order valence-electron chi connectivity index (χ1n) is 8.07. The fourth-order valence-corrected chi connectivity index (χ4v) is 3.08. The van der Waals surface area contributed by atoms with Crippen LogP contribution in [0.5, 0.6) is 5.75 Å². The van der Waals surface area contributed by atoms with Crippen molar-refractivity contribution in [3.63, 3.8) is 0 Å². The molecule has 2 rings (SSSR count). The van der Waals surface area contributed by atoms with Gasteiger partial charge in [-0.3, -0.25) is 9.69 Å². The van der Waals surface area contributed by atoms with Gasteiger partial charge in [-0.1, -0.05) is 31.4 Å². The first kappa shape index (κ1) is 17.7. The fourth-order valence-electron chi connectivity index (χ4n) is 3.08. The Labute approximate surface area is 135 Å². The number of alkyl halides is 2. The van der Waals surface area contributed by atoms with Crippen LogP contribution in [0.1, 0.15) is 32.1 Å². The van der Waals surface area contributed by atoms with E-state index in [4.69, 9.17) is 0 Å². The fraction of sp³-hybridized carbons (Fsp3) is 0.588. The highest BCUT2D eigenvalue weighted by atomic mass is 19.3. The lowest BCUT2D eigenvalue weighted by atomic mass is 9.89. The molecule has 0 aromatic heterocycles. The highest BCUT2D eigenvalue weighted by Gasteiger charge is 2.17. The van der Waals surface area contributed by atoms with Gasteiger partial charge in [0.15, 0.2) is 0 Å². The van der Waals surface area contributed by atoms with Gasteiger partial charge >= 0.3 is 6.61 Å². The van der Waals surface area contributed by atoms with Gasteiger partial charge in [0.25, 0.3) is 0 Å². The van der Waals surface area contributed by atoms with E-state index in [1.54, 1.807) is 18.2 Å². The quantitative estimate of drug-likeness (QED) is 0.830.